The van der Waals surface area contributed by atoms with Crippen molar-refractivity contribution in [3.05, 3.63) is 102 Å². The summed E-state index contributed by atoms with van der Waals surface area (Å²) >= 11 is 5.80. The van der Waals surface area contributed by atoms with E-state index >= 15 is 0 Å². The van der Waals surface area contributed by atoms with Crippen LogP contribution in [0.2, 0.25) is 0 Å². The van der Waals surface area contributed by atoms with Crippen LogP contribution in [0.5, 0.6) is 11.5 Å². The van der Waals surface area contributed by atoms with Gasteiger partial charge in [-0.1, -0.05) is 60.7 Å². The third-order valence-electron chi connectivity index (χ3n) is 5.84. The third kappa shape index (κ3) is 4.13. The highest BCUT2D eigenvalue weighted by molar-refractivity contribution is 7.80. The number of thiocarbonyl (C=S) groups is 1. The second-order valence-corrected chi connectivity index (χ2v) is 8.25. The van der Waals surface area contributed by atoms with E-state index in [1.54, 1.807) is 13.2 Å². The largest absolute Gasteiger partial charge is 0.507 e. The predicted molar refractivity (Wildman–Crippen MR) is 137 cm³/mol. The Balaban J connectivity index is 1.56. The van der Waals surface area contributed by atoms with Crippen molar-refractivity contribution in [2.24, 2.45) is 5.10 Å². The van der Waals surface area contributed by atoms with Gasteiger partial charge < -0.3 is 15.2 Å². The SMILES string of the molecule is COc1ccc(C2=NN(C(=S)Nc3ccccc3)C(c3cccc4ccccc34)C2)c(O)c1. The molecule has 1 atom stereocenters. The van der Waals surface area contributed by atoms with E-state index in [1.165, 1.54) is 0 Å². The van der Waals surface area contributed by atoms with E-state index in [9.17, 15) is 5.11 Å². The van der Waals surface area contributed by atoms with Gasteiger partial charge in [-0.05, 0) is 52.8 Å². The lowest BCUT2D eigenvalue weighted by molar-refractivity contribution is 0.377. The molecule has 0 fully saturated rings. The van der Waals surface area contributed by atoms with Gasteiger partial charge in [0.2, 0.25) is 0 Å². The molecule has 6 heteroatoms. The Labute approximate surface area is 197 Å². The number of phenolic OH excluding ortho intramolecular Hbond substituents is 1. The Morgan fingerprint density at radius 3 is 2.55 bits per heavy atom. The number of rotatable bonds is 4. The second kappa shape index (κ2) is 8.92. The maximum Gasteiger partial charge on any atom is 0.194 e. The molecule has 33 heavy (non-hydrogen) atoms. The van der Waals surface area contributed by atoms with Gasteiger partial charge in [-0.25, -0.2) is 5.01 Å². The van der Waals surface area contributed by atoms with Crippen molar-refractivity contribution >= 4 is 39.5 Å². The van der Waals surface area contributed by atoms with E-state index in [0.717, 1.165) is 27.7 Å². The number of para-hydroxylation sites is 1. The number of anilines is 1. The summed E-state index contributed by atoms with van der Waals surface area (Å²) in [6.07, 6.45) is 0.602. The molecular weight excluding hydrogens is 430 g/mol. The quantitative estimate of drug-likeness (QED) is 0.366. The summed E-state index contributed by atoms with van der Waals surface area (Å²) in [7, 11) is 1.58. The minimum Gasteiger partial charge on any atom is -0.507 e. The van der Waals surface area contributed by atoms with Gasteiger partial charge in [-0.15, -0.1) is 0 Å². The summed E-state index contributed by atoms with van der Waals surface area (Å²) in [5.41, 5.74) is 3.48. The Hall–Kier alpha value is -3.90. The molecule has 0 aliphatic carbocycles. The first kappa shape index (κ1) is 21.0. The fourth-order valence-electron chi connectivity index (χ4n) is 4.23. The molecule has 1 aliphatic rings. The predicted octanol–water partition coefficient (Wildman–Crippen LogP) is 6.10. The molecule has 0 aromatic heterocycles. The Morgan fingerprint density at radius 2 is 1.76 bits per heavy atom. The van der Waals surface area contributed by atoms with Crippen molar-refractivity contribution in [1.29, 1.82) is 0 Å². The van der Waals surface area contributed by atoms with E-state index in [0.29, 0.717) is 22.8 Å². The van der Waals surface area contributed by atoms with Crippen LogP contribution in [-0.2, 0) is 0 Å². The van der Waals surface area contributed by atoms with E-state index in [2.05, 4.69) is 35.6 Å². The number of hydrazone groups is 1. The topological polar surface area (TPSA) is 57.1 Å². The number of nitrogens with zero attached hydrogens (tertiary/aromatic N) is 2. The van der Waals surface area contributed by atoms with Crippen LogP contribution >= 0.6 is 12.2 Å². The molecule has 1 unspecified atom stereocenters. The summed E-state index contributed by atoms with van der Waals surface area (Å²) < 4.78 is 5.24. The van der Waals surface area contributed by atoms with Gasteiger partial charge in [-0.2, -0.15) is 5.10 Å². The fourth-order valence-corrected chi connectivity index (χ4v) is 4.51. The number of hydrogen-bond acceptors (Lipinski definition) is 4. The molecule has 1 heterocycles. The smallest absolute Gasteiger partial charge is 0.194 e. The molecule has 164 valence electrons. The summed E-state index contributed by atoms with van der Waals surface area (Å²) in [6, 6.07) is 29.6. The van der Waals surface area contributed by atoms with Crippen molar-refractivity contribution in [3.8, 4) is 11.5 Å². The highest BCUT2D eigenvalue weighted by Crippen LogP contribution is 2.38. The molecule has 4 aromatic carbocycles. The molecule has 2 N–H and O–H groups in total. The summed E-state index contributed by atoms with van der Waals surface area (Å²) in [5, 5.41) is 23.5. The van der Waals surface area contributed by atoms with Gasteiger partial charge in [0.1, 0.15) is 11.5 Å². The van der Waals surface area contributed by atoms with Crippen LogP contribution in [0.15, 0.2) is 96.1 Å². The van der Waals surface area contributed by atoms with Crippen molar-refractivity contribution in [2.75, 3.05) is 12.4 Å². The molecule has 5 rings (SSSR count). The highest BCUT2D eigenvalue weighted by atomic mass is 32.1. The third-order valence-corrected chi connectivity index (χ3v) is 6.13. The van der Waals surface area contributed by atoms with Gasteiger partial charge in [-0.3, -0.25) is 0 Å². The van der Waals surface area contributed by atoms with E-state index < -0.39 is 0 Å². The number of nitrogens with one attached hydrogen (secondary N) is 1. The Bertz CT molecular complexity index is 1350. The molecule has 0 saturated carbocycles. The van der Waals surface area contributed by atoms with Gasteiger partial charge >= 0.3 is 0 Å². The average Bonchev–Trinajstić information content (AvgIpc) is 3.29. The molecular formula is C27H23N3O2S. The lowest BCUT2D eigenvalue weighted by Gasteiger charge is -2.26. The first-order valence-corrected chi connectivity index (χ1v) is 11.1. The molecule has 4 aromatic rings. The maximum absolute atomic E-state index is 10.6. The maximum atomic E-state index is 10.6. The molecule has 0 spiro atoms. The number of fused-ring (bicyclic) bond motifs is 1. The lowest BCUT2D eigenvalue weighted by Crippen LogP contribution is -2.31. The zero-order valence-corrected chi connectivity index (χ0v) is 18.9. The van der Waals surface area contributed by atoms with E-state index in [1.807, 2.05) is 59.6 Å². The van der Waals surface area contributed by atoms with Crippen LogP contribution in [0, 0.1) is 0 Å². The van der Waals surface area contributed by atoms with Crippen LogP contribution in [0.4, 0.5) is 5.69 Å². The Kier molecular flexibility index (Phi) is 5.67. The number of aromatic hydroxyl groups is 1. The van der Waals surface area contributed by atoms with Crippen LogP contribution in [-0.4, -0.2) is 28.0 Å². The highest BCUT2D eigenvalue weighted by Gasteiger charge is 2.33. The first-order chi connectivity index (χ1) is 16.1. The normalized spacial score (nSPS) is 15.4. The molecule has 0 bridgehead atoms. The van der Waals surface area contributed by atoms with Crippen LogP contribution in [0.1, 0.15) is 23.6 Å². The minimum atomic E-state index is -0.115. The molecule has 0 radical (unpaired) electrons. The van der Waals surface area contributed by atoms with Crippen LogP contribution < -0.4 is 10.1 Å². The molecule has 1 aliphatic heterocycles. The van der Waals surface area contributed by atoms with Gasteiger partial charge in [0.25, 0.3) is 0 Å². The molecule has 0 amide bonds. The molecule has 5 nitrogen and oxygen atoms in total. The van der Waals surface area contributed by atoms with Gasteiger partial charge in [0.05, 0.1) is 18.9 Å². The van der Waals surface area contributed by atoms with Crippen molar-refractivity contribution in [1.82, 2.24) is 5.01 Å². The standard InChI is InChI=1S/C27H23N3O2S/c1-32-20-14-15-23(26(31)16-20)24-17-25(22-13-7-9-18-8-5-6-12-21(18)22)30(29-24)27(33)28-19-10-3-2-4-11-19/h2-16,25,31H,17H2,1H3,(H,28,33). The zero-order chi connectivity index (χ0) is 22.8. The monoisotopic (exact) mass is 453 g/mol. The van der Waals surface area contributed by atoms with Gasteiger partial charge in [0, 0.05) is 23.7 Å². The number of ether oxygens (including phenoxy) is 1. The summed E-state index contributed by atoms with van der Waals surface area (Å²) in [5.74, 6) is 0.729. The van der Waals surface area contributed by atoms with Crippen LogP contribution in [0.3, 0.4) is 0 Å². The fraction of sp³-hybridized carbons (Fsp3) is 0.111. The number of phenols is 1. The first-order valence-electron chi connectivity index (χ1n) is 10.7. The van der Waals surface area contributed by atoms with Crippen molar-refractivity contribution in [2.45, 2.75) is 12.5 Å². The zero-order valence-electron chi connectivity index (χ0n) is 18.1. The summed E-state index contributed by atoms with van der Waals surface area (Å²) in [6.45, 7) is 0. The van der Waals surface area contributed by atoms with Gasteiger partial charge in [0.15, 0.2) is 5.11 Å². The summed E-state index contributed by atoms with van der Waals surface area (Å²) in [4.78, 5) is 0. The van der Waals surface area contributed by atoms with Crippen molar-refractivity contribution < 1.29 is 9.84 Å². The number of hydrogen-bond donors (Lipinski definition) is 2. The van der Waals surface area contributed by atoms with Crippen LogP contribution in [0.25, 0.3) is 10.8 Å². The lowest BCUT2D eigenvalue weighted by atomic mass is 9.94. The number of methoxy groups -OCH3 is 1. The Morgan fingerprint density at radius 1 is 1.00 bits per heavy atom. The second-order valence-electron chi connectivity index (χ2n) is 7.86. The minimum absolute atomic E-state index is 0.115. The average molecular weight is 454 g/mol. The van der Waals surface area contributed by atoms with Crippen molar-refractivity contribution in [3.63, 3.8) is 0 Å². The van der Waals surface area contributed by atoms with E-state index in [-0.39, 0.29) is 11.8 Å². The van der Waals surface area contributed by atoms with E-state index in [4.69, 9.17) is 22.1 Å². The number of benzene rings is 4. The molecule has 0 saturated heterocycles.